The second kappa shape index (κ2) is 5.71. The van der Waals surface area contributed by atoms with Gasteiger partial charge >= 0.3 is 0 Å². The van der Waals surface area contributed by atoms with Crippen LogP contribution in [0.1, 0.15) is 59.3 Å². The summed E-state index contributed by atoms with van der Waals surface area (Å²) in [6.45, 7) is 8.12. The Kier molecular flexibility index (Phi) is 4.48. The summed E-state index contributed by atoms with van der Waals surface area (Å²) in [5, 5.41) is 10.4. The fraction of sp³-hybridized carbons (Fsp3) is 1.00. The molecule has 1 heterocycles. The van der Waals surface area contributed by atoms with Crippen molar-refractivity contribution in [3.8, 4) is 0 Å². The van der Waals surface area contributed by atoms with Crippen LogP contribution in [0.15, 0.2) is 0 Å². The van der Waals surface area contributed by atoms with Gasteiger partial charge in [0.2, 0.25) is 0 Å². The van der Waals surface area contributed by atoms with Gasteiger partial charge in [0, 0.05) is 12.1 Å². The molecule has 1 aliphatic carbocycles. The van der Waals surface area contributed by atoms with Gasteiger partial charge in [-0.15, -0.1) is 0 Å². The number of hydrogen-bond donors (Lipinski definition) is 1. The van der Waals surface area contributed by atoms with E-state index in [4.69, 9.17) is 0 Å². The number of likely N-dealkylation sites (tertiary alicyclic amines) is 1. The van der Waals surface area contributed by atoms with Crippen LogP contribution in [0.2, 0.25) is 0 Å². The summed E-state index contributed by atoms with van der Waals surface area (Å²) in [4.78, 5) is 2.64. The maximum atomic E-state index is 10.4. The number of piperidine rings is 1. The molecule has 1 saturated heterocycles. The van der Waals surface area contributed by atoms with Crippen molar-refractivity contribution in [1.82, 2.24) is 4.90 Å². The lowest BCUT2D eigenvalue weighted by Crippen LogP contribution is -2.56. The van der Waals surface area contributed by atoms with Gasteiger partial charge in [0.25, 0.3) is 0 Å². The van der Waals surface area contributed by atoms with E-state index in [1.54, 1.807) is 0 Å². The van der Waals surface area contributed by atoms with E-state index in [9.17, 15) is 5.11 Å². The van der Waals surface area contributed by atoms with Gasteiger partial charge in [0.15, 0.2) is 0 Å². The zero-order chi connectivity index (χ0) is 12.4. The summed E-state index contributed by atoms with van der Waals surface area (Å²) < 4.78 is 0. The lowest BCUT2D eigenvalue weighted by atomic mass is 9.76. The van der Waals surface area contributed by atoms with Gasteiger partial charge in [-0.3, -0.25) is 4.90 Å². The van der Waals surface area contributed by atoms with E-state index in [0.717, 1.165) is 12.5 Å². The number of aliphatic hydroxyl groups is 1. The standard InChI is InChI=1S/C15H29NO/c1-4-13-7-5-6-8-16(13)15-12(3)9-11(2)10-14(15)17/h11-15,17H,4-10H2,1-3H3. The van der Waals surface area contributed by atoms with Crippen molar-refractivity contribution in [2.24, 2.45) is 11.8 Å². The number of nitrogens with zero attached hydrogens (tertiary/aromatic N) is 1. The lowest BCUT2D eigenvalue weighted by molar-refractivity contribution is -0.0527. The molecule has 0 aromatic carbocycles. The van der Waals surface area contributed by atoms with Gasteiger partial charge in [-0.1, -0.05) is 27.2 Å². The molecule has 0 spiro atoms. The molecule has 2 nitrogen and oxygen atoms in total. The topological polar surface area (TPSA) is 23.5 Å². The Morgan fingerprint density at radius 3 is 2.59 bits per heavy atom. The largest absolute Gasteiger partial charge is 0.391 e. The molecule has 1 aliphatic heterocycles. The van der Waals surface area contributed by atoms with Crippen molar-refractivity contribution in [3.63, 3.8) is 0 Å². The van der Waals surface area contributed by atoms with Crippen LogP contribution in [0.4, 0.5) is 0 Å². The summed E-state index contributed by atoms with van der Waals surface area (Å²) in [7, 11) is 0. The highest BCUT2D eigenvalue weighted by Gasteiger charge is 2.39. The number of aliphatic hydroxyl groups excluding tert-OH is 1. The molecule has 5 unspecified atom stereocenters. The van der Waals surface area contributed by atoms with E-state index in [0.29, 0.717) is 17.9 Å². The Balaban J connectivity index is 2.07. The predicted octanol–water partition coefficient (Wildman–Crippen LogP) is 3.05. The highest BCUT2D eigenvalue weighted by atomic mass is 16.3. The van der Waals surface area contributed by atoms with Crippen molar-refractivity contribution in [3.05, 3.63) is 0 Å². The fourth-order valence-electron chi connectivity index (χ4n) is 4.20. The van der Waals surface area contributed by atoms with Gasteiger partial charge in [0.05, 0.1) is 6.10 Å². The summed E-state index contributed by atoms with van der Waals surface area (Å²) >= 11 is 0. The molecular weight excluding hydrogens is 210 g/mol. The zero-order valence-corrected chi connectivity index (χ0v) is 11.7. The first-order chi connectivity index (χ1) is 8.13. The molecule has 0 aromatic heterocycles. The molecule has 1 saturated carbocycles. The SMILES string of the molecule is CCC1CCCCN1C1C(C)CC(C)CC1O. The van der Waals surface area contributed by atoms with Crippen LogP contribution in [0.25, 0.3) is 0 Å². The average molecular weight is 239 g/mol. The maximum Gasteiger partial charge on any atom is 0.0700 e. The highest BCUT2D eigenvalue weighted by molar-refractivity contribution is 4.93. The quantitative estimate of drug-likeness (QED) is 0.800. The van der Waals surface area contributed by atoms with Gasteiger partial charge in [-0.2, -0.15) is 0 Å². The van der Waals surface area contributed by atoms with Gasteiger partial charge in [-0.25, -0.2) is 0 Å². The molecule has 2 heteroatoms. The molecule has 0 aromatic rings. The maximum absolute atomic E-state index is 10.4. The number of hydrogen-bond acceptors (Lipinski definition) is 2. The van der Waals surface area contributed by atoms with E-state index >= 15 is 0 Å². The van der Waals surface area contributed by atoms with Crippen LogP contribution in [0.5, 0.6) is 0 Å². The van der Waals surface area contributed by atoms with Gasteiger partial charge in [0.1, 0.15) is 0 Å². The summed E-state index contributed by atoms with van der Waals surface area (Å²) in [6, 6.07) is 1.15. The summed E-state index contributed by atoms with van der Waals surface area (Å²) in [5.74, 6) is 1.35. The van der Waals surface area contributed by atoms with E-state index in [-0.39, 0.29) is 6.10 Å². The van der Waals surface area contributed by atoms with Crippen molar-refractivity contribution < 1.29 is 5.11 Å². The van der Waals surface area contributed by atoms with Crippen molar-refractivity contribution in [2.45, 2.75) is 77.5 Å². The summed E-state index contributed by atoms with van der Waals surface area (Å²) in [6.07, 6.45) is 7.47. The molecule has 2 aliphatic rings. The smallest absolute Gasteiger partial charge is 0.0700 e. The Hall–Kier alpha value is -0.0800. The van der Waals surface area contributed by atoms with Crippen LogP contribution in [0.3, 0.4) is 0 Å². The highest BCUT2D eigenvalue weighted by Crippen LogP contribution is 2.35. The zero-order valence-electron chi connectivity index (χ0n) is 11.7. The van der Waals surface area contributed by atoms with Crippen LogP contribution >= 0.6 is 0 Å². The fourth-order valence-corrected chi connectivity index (χ4v) is 4.20. The van der Waals surface area contributed by atoms with E-state index in [1.807, 2.05) is 0 Å². The predicted molar refractivity (Wildman–Crippen MR) is 72.0 cm³/mol. The Labute approximate surface area is 106 Å². The molecule has 2 fully saturated rings. The normalized spacial score (nSPS) is 44.8. The first-order valence-corrected chi connectivity index (χ1v) is 7.57. The Morgan fingerprint density at radius 2 is 1.94 bits per heavy atom. The minimum Gasteiger partial charge on any atom is -0.391 e. The third kappa shape index (κ3) is 2.85. The second-order valence-corrected chi connectivity index (χ2v) is 6.41. The lowest BCUT2D eigenvalue weighted by Gasteiger charge is -2.48. The first kappa shape index (κ1) is 13.4. The Morgan fingerprint density at radius 1 is 1.18 bits per heavy atom. The molecule has 5 atom stereocenters. The molecule has 0 bridgehead atoms. The minimum atomic E-state index is -0.0964. The van der Waals surface area contributed by atoms with Crippen LogP contribution in [-0.2, 0) is 0 Å². The van der Waals surface area contributed by atoms with Crippen molar-refractivity contribution >= 4 is 0 Å². The average Bonchev–Trinajstić information content (AvgIpc) is 2.28. The van der Waals surface area contributed by atoms with Crippen molar-refractivity contribution in [2.75, 3.05) is 6.54 Å². The van der Waals surface area contributed by atoms with Crippen LogP contribution < -0.4 is 0 Å². The second-order valence-electron chi connectivity index (χ2n) is 6.41. The molecular formula is C15H29NO. The molecule has 100 valence electrons. The minimum absolute atomic E-state index is 0.0964. The van der Waals surface area contributed by atoms with E-state index in [1.165, 1.54) is 38.6 Å². The number of rotatable bonds is 2. The summed E-state index contributed by atoms with van der Waals surface area (Å²) in [5.41, 5.74) is 0. The Bertz CT molecular complexity index is 231. The van der Waals surface area contributed by atoms with E-state index < -0.39 is 0 Å². The van der Waals surface area contributed by atoms with Crippen LogP contribution in [0, 0.1) is 11.8 Å². The molecule has 0 radical (unpaired) electrons. The first-order valence-electron chi connectivity index (χ1n) is 7.57. The molecule has 17 heavy (non-hydrogen) atoms. The van der Waals surface area contributed by atoms with Crippen LogP contribution in [-0.4, -0.2) is 34.7 Å². The van der Waals surface area contributed by atoms with Gasteiger partial charge < -0.3 is 5.11 Å². The third-order valence-corrected chi connectivity index (χ3v) is 4.92. The van der Waals surface area contributed by atoms with E-state index in [2.05, 4.69) is 25.7 Å². The third-order valence-electron chi connectivity index (χ3n) is 4.92. The monoisotopic (exact) mass is 239 g/mol. The molecule has 0 amide bonds. The van der Waals surface area contributed by atoms with Gasteiger partial charge in [-0.05, 0) is 50.5 Å². The molecule has 2 rings (SSSR count). The van der Waals surface area contributed by atoms with Crippen molar-refractivity contribution in [1.29, 1.82) is 0 Å². The molecule has 1 N–H and O–H groups in total.